The monoisotopic (exact) mass is 127 g/mol. The summed E-state index contributed by atoms with van der Waals surface area (Å²) in [5.41, 5.74) is 1.14. The zero-order valence-corrected chi connectivity index (χ0v) is 4.57. The van der Waals surface area contributed by atoms with Gasteiger partial charge < -0.3 is 12.6 Å². The SMILES string of the molecule is [S-]/C(Cl)=C/Cl. The van der Waals surface area contributed by atoms with Gasteiger partial charge in [0.25, 0.3) is 0 Å². The second-order valence-electron chi connectivity index (χ2n) is 0.413. The number of rotatable bonds is 0. The minimum atomic E-state index is 0.201. The lowest BCUT2D eigenvalue weighted by Crippen LogP contribution is -1.45. The highest BCUT2D eigenvalue weighted by atomic mass is 35.5. The summed E-state index contributed by atoms with van der Waals surface area (Å²) >= 11 is 14.2. The van der Waals surface area contributed by atoms with Crippen molar-refractivity contribution in [2.45, 2.75) is 0 Å². The molecular weight excluding hydrogens is 127 g/mol. The first kappa shape index (κ1) is 5.54. The topological polar surface area (TPSA) is 0 Å². The molecule has 0 aromatic heterocycles. The first-order chi connectivity index (χ1) is 2.27. The molecule has 0 atom stereocenters. The van der Waals surface area contributed by atoms with E-state index in [1.165, 1.54) is 0 Å². The second-order valence-corrected chi connectivity index (χ2v) is 1.70. The molecule has 0 heterocycles. The van der Waals surface area contributed by atoms with Crippen LogP contribution in [0.1, 0.15) is 0 Å². The molecule has 0 aromatic rings. The van der Waals surface area contributed by atoms with E-state index in [-0.39, 0.29) is 4.36 Å². The van der Waals surface area contributed by atoms with Crippen molar-refractivity contribution < 1.29 is 0 Å². The lowest BCUT2D eigenvalue weighted by atomic mass is 11.2. The summed E-state index contributed by atoms with van der Waals surface area (Å²) in [6, 6.07) is 0. The van der Waals surface area contributed by atoms with E-state index in [0.717, 1.165) is 5.54 Å². The van der Waals surface area contributed by atoms with Gasteiger partial charge in [0.15, 0.2) is 0 Å². The van der Waals surface area contributed by atoms with E-state index >= 15 is 0 Å². The van der Waals surface area contributed by atoms with Crippen LogP contribution < -0.4 is 0 Å². The normalized spacial score (nSPS) is 12.0. The first-order valence-electron chi connectivity index (χ1n) is 0.900. The van der Waals surface area contributed by atoms with E-state index in [1.54, 1.807) is 0 Å². The van der Waals surface area contributed by atoms with Crippen LogP contribution in [0.15, 0.2) is 9.90 Å². The summed E-state index contributed by atoms with van der Waals surface area (Å²) in [5.74, 6) is 0. The average molecular weight is 128 g/mol. The van der Waals surface area contributed by atoms with Crippen molar-refractivity contribution >= 4 is 35.8 Å². The van der Waals surface area contributed by atoms with Gasteiger partial charge in [0, 0.05) is 0 Å². The largest absolute Gasteiger partial charge is 0.767 e. The molecule has 0 bridgehead atoms. The number of hydrogen-bond donors (Lipinski definition) is 0. The smallest absolute Gasteiger partial charge is 0.00383 e. The highest BCUT2D eigenvalue weighted by molar-refractivity contribution is 7.66. The molecule has 0 rings (SSSR count). The Bertz CT molecular complexity index is 45.6. The summed E-state index contributed by atoms with van der Waals surface area (Å²) in [6.07, 6.45) is 0. The van der Waals surface area contributed by atoms with E-state index in [4.69, 9.17) is 23.2 Å². The molecular formula is C2HCl2S-. The van der Waals surface area contributed by atoms with Crippen LogP contribution in [0.2, 0.25) is 0 Å². The molecule has 0 spiro atoms. The maximum Gasteiger partial charge on any atom is -0.00383 e. The molecule has 5 heavy (non-hydrogen) atoms. The highest BCUT2D eigenvalue weighted by Gasteiger charge is 1.52. The third-order valence-electron chi connectivity index (χ3n) is 0.0858. The molecule has 0 saturated heterocycles. The Morgan fingerprint density at radius 3 is 2.00 bits per heavy atom. The van der Waals surface area contributed by atoms with E-state index in [9.17, 15) is 0 Å². The van der Waals surface area contributed by atoms with Crippen molar-refractivity contribution in [3.8, 4) is 0 Å². The quantitative estimate of drug-likeness (QED) is 0.448. The maximum atomic E-state index is 5.01. The summed E-state index contributed by atoms with van der Waals surface area (Å²) < 4.78 is 0.201. The molecule has 3 heteroatoms. The van der Waals surface area contributed by atoms with Crippen LogP contribution in [-0.2, 0) is 12.6 Å². The van der Waals surface area contributed by atoms with Crippen LogP contribution in [0, 0.1) is 0 Å². The van der Waals surface area contributed by atoms with Gasteiger partial charge in [-0.15, -0.1) is 11.6 Å². The van der Waals surface area contributed by atoms with Crippen LogP contribution in [0.25, 0.3) is 0 Å². The van der Waals surface area contributed by atoms with Crippen molar-refractivity contribution in [3.63, 3.8) is 0 Å². The Kier molecular flexibility index (Phi) is 3.06. The second kappa shape index (κ2) is 2.76. The Hall–Kier alpha value is 0.540. The summed E-state index contributed by atoms with van der Waals surface area (Å²) in [6.45, 7) is 0. The van der Waals surface area contributed by atoms with Gasteiger partial charge in [-0.2, -0.15) is 0 Å². The summed E-state index contributed by atoms with van der Waals surface area (Å²) in [7, 11) is 0. The molecule has 0 aliphatic rings. The minimum absolute atomic E-state index is 0.201. The van der Waals surface area contributed by atoms with Crippen LogP contribution in [-0.4, -0.2) is 0 Å². The lowest BCUT2D eigenvalue weighted by molar-refractivity contribution is 2.41. The Morgan fingerprint density at radius 2 is 2.00 bits per heavy atom. The van der Waals surface area contributed by atoms with Crippen molar-refractivity contribution in [3.05, 3.63) is 9.90 Å². The fraction of sp³-hybridized carbons (Fsp3) is 0. The molecule has 30 valence electrons. The first-order valence-corrected chi connectivity index (χ1v) is 2.12. The zero-order valence-electron chi connectivity index (χ0n) is 2.24. The van der Waals surface area contributed by atoms with Gasteiger partial charge in [-0.1, -0.05) is 16.0 Å². The molecule has 0 fully saturated rings. The molecule has 0 unspecified atom stereocenters. The van der Waals surface area contributed by atoms with Crippen molar-refractivity contribution in [2.75, 3.05) is 0 Å². The van der Waals surface area contributed by atoms with E-state index in [2.05, 4.69) is 12.6 Å². The highest BCUT2D eigenvalue weighted by Crippen LogP contribution is 1.96. The average Bonchev–Trinajstić information content (AvgIpc) is 1.38. The van der Waals surface area contributed by atoms with E-state index < -0.39 is 0 Å². The fourth-order valence-electron chi connectivity index (χ4n) is 0. The Labute approximate surface area is 46.2 Å². The van der Waals surface area contributed by atoms with E-state index in [1.807, 2.05) is 0 Å². The van der Waals surface area contributed by atoms with Crippen LogP contribution in [0.3, 0.4) is 0 Å². The molecule has 0 aliphatic carbocycles. The van der Waals surface area contributed by atoms with Gasteiger partial charge in [0.2, 0.25) is 0 Å². The Morgan fingerprint density at radius 1 is 1.80 bits per heavy atom. The Balaban J connectivity index is 3.14. The van der Waals surface area contributed by atoms with Crippen molar-refractivity contribution in [1.82, 2.24) is 0 Å². The third-order valence-corrected chi connectivity index (χ3v) is 0.772. The molecule has 0 nitrogen and oxygen atoms in total. The predicted octanol–water partition coefficient (Wildman–Crippen LogP) is 1.81. The van der Waals surface area contributed by atoms with Crippen LogP contribution >= 0.6 is 23.2 Å². The molecule has 0 amide bonds. The third kappa shape index (κ3) is 4.54. The van der Waals surface area contributed by atoms with Gasteiger partial charge in [-0.3, -0.25) is 0 Å². The molecule has 0 radical (unpaired) electrons. The van der Waals surface area contributed by atoms with Crippen LogP contribution in [0.5, 0.6) is 0 Å². The van der Waals surface area contributed by atoms with Gasteiger partial charge in [-0.05, 0) is 5.54 Å². The van der Waals surface area contributed by atoms with E-state index in [0.29, 0.717) is 0 Å². The van der Waals surface area contributed by atoms with Gasteiger partial charge in [0.1, 0.15) is 0 Å². The number of hydrogen-bond acceptors (Lipinski definition) is 1. The molecule has 0 aliphatic heterocycles. The summed E-state index contributed by atoms with van der Waals surface area (Å²) in [5, 5.41) is 0. The van der Waals surface area contributed by atoms with Gasteiger partial charge >= 0.3 is 0 Å². The zero-order chi connectivity index (χ0) is 4.28. The van der Waals surface area contributed by atoms with Crippen molar-refractivity contribution in [2.24, 2.45) is 0 Å². The maximum absolute atomic E-state index is 5.01. The fourth-order valence-corrected chi connectivity index (χ4v) is 0. The van der Waals surface area contributed by atoms with Crippen molar-refractivity contribution in [1.29, 1.82) is 0 Å². The molecule has 0 aromatic carbocycles. The molecule has 0 N–H and O–H groups in total. The van der Waals surface area contributed by atoms with Gasteiger partial charge in [0.05, 0.1) is 0 Å². The summed E-state index contributed by atoms with van der Waals surface area (Å²) in [4.78, 5) is 0. The standard InChI is InChI=1S/C2H2Cl2S/c3-1-2(4)5/h1,5H/p-1/b2-1+. The van der Waals surface area contributed by atoms with Gasteiger partial charge in [-0.25, -0.2) is 0 Å². The molecule has 0 saturated carbocycles. The minimum Gasteiger partial charge on any atom is -0.767 e. The van der Waals surface area contributed by atoms with Crippen LogP contribution in [0.4, 0.5) is 0 Å². The lowest BCUT2D eigenvalue weighted by Gasteiger charge is -1.90. The number of halogens is 2. The predicted molar refractivity (Wildman–Crippen MR) is 27.2 cm³/mol.